The third-order valence-corrected chi connectivity index (χ3v) is 6.02. The monoisotopic (exact) mass is 406 g/mol. The minimum absolute atomic E-state index is 0. The van der Waals surface area contributed by atoms with Crippen molar-refractivity contribution in [3.05, 3.63) is 60.3 Å². The van der Waals surface area contributed by atoms with Gasteiger partial charge in [-0.15, -0.1) is 0 Å². The summed E-state index contributed by atoms with van der Waals surface area (Å²) in [5, 5.41) is 13.8. The molecule has 0 bridgehead atoms. The Bertz CT molecular complexity index is 935. The number of rotatable bonds is 9. The summed E-state index contributed by atoms with van der Waals surface area (Å²) in [6.07, 6.45) is 5.28. The number of imidazole rings is 1. The van der Waals surface area contributed by atoms with E-state index in [-0.39, 0.29) is 31.4 Å². The van der Waals surface area contributed by atoms with Gasteiger partial charge in [-0.1, -0.05) is 50.0 Å². The van der Waals surface area contributed by atoms with Gasteiger partial charge in [0, 0.05) is 32.6 Å². The number of nitrogens with zero attached hydrogens (tertiary/aromatic N) is 4. The van der Waals surface area contributed by atoms with Gasteiger partial charge in [-0.2, -0.15) is 5.10 Å². The summed E-state index contributed by atoms with van der Waals surface area (Å²) in [7, 11) is -1.19. The molecule has 0 saturated heterocycles. The molecule has 1 aromatic carbocycles. The van der Waals surface area contributed by atoms with Crippen molar-refractivity contribution in [2.24, 2.45) is 0 Å². The van der Waals surface area contributed by atoms with Crippen LogP contribution in [-0.2, 0) is 18.0 Å². The van der Waals surface area contributed by atoms with Gasteiger partial charge in [0.05, 0.1) is 18.4 Å². The summed E-state index contributed by atoms with van der Waals surface area (Å²) in [4.78, 5) is 15.8. The molecule has 0 unspecified atom stereocenters. The molecule has 0 aliphatic heterocycles. The summed E-state index contributed by atoms with van der Waals surface area (Å²) in [6.45, 7) is 8.28. The Morgan fingerprint density at radius 1 is 1.17 bits per heavy atom. The van der Waals surface area contributed by atoms with Gasteiger partial charge >= 0.3 is 24.8 Å². The van der Waals surface area contributed by atoms with Gasteiger partial charge in [0.25, 0.3) is 0 Å². The maximum atomic E-state index is 11.6. The Hall–Kier alpha value is -2.12. The predicted molar refractivity (Wildman–Crippen MR) is 117 cm³/mol. The molecular formula is C20H27LiN4O3Si. The van der Waals surface area contributed by atoms with E-state index >= 15 is 0 Å². The molecule has 150 valence electrons. The first-order valence-corrected chi connectivity index (χ1v) is 13.0. The van der Waals surface area contributed by atoms with Gasteiger partial charge in [0.2, 0.25) is 5.82 Å². The van der Waals surface area contributed by atoms with E-state index in [1.54, 1.807) is 12.4 Å². The third-order valence-electron chi connectivity index (χ3n) is 4.31. The van der Waals surface area contributed by atoms with Gasteiger partial charge in [-0.05, 0) is 11.6 Å². The summed E-state index contributed by atoms with van der Waals surface area (Å²) >= 11 is 0. The van der Waals surface area contributed by atoms with E-state index in [4.69, 9.17) is 4.74 Å². The molecule has 3 aromatic rings. The molecule has 2 aromatic heterocycles. The molecule has 1 N–H and O–H groups in total. The van der Waals surface area contributed by atoms with Crippen molar-refractivity contribution in [1.82, 2.24) is 19.3 Å². The molecule has 0 radical (unpaired) electrons. The topological polar surface area (TPSA) is 82.2 Å². The van der Waals surface area contributed by atoms with Crippen molar-refractivity contribution < 1.29 is 14.6 Å². The standard InChI is InChI=1S/C20H26N4O3Si.Li.H/c1-28(2,3)10-9-27-15-23-14-18(22-19(23)20(25)26)17-11-21-24(13-17)12-16-7-5-4-6-8-16;;/h4-8,11,13-14H,9-10,12,15H2,1-3H3,(H,25,26);;. The van der Waals surface area contributed by atoms with Gasteiger partial charge < -0.3 is 14.4 Å². The molecule has 0 aliphatic rings. The van der Waals surface area contributed by atoms with Crippen LogP contribution < -0.4 is 0 Å². The fraction of sp³-hybridized carbons (Fsp3) is 0.350. The number of hydrogen-bond donors (Lipinski definition) is 1. The van der Waals surface area contributed by atoms with Crippen LogP contribution in [0.25, 0.3) is 11.3 Å². The Morgan fingerprint density at radius 2 is 1.90 bits per heavy atom. The summed E-state index contributed by atoms with van der Waals surface area (Å²) < 4.78 is 9.05. The number of carboxylic acids is 1. The summed E-state index contributed by atoms with van der Waals surface area (Å²) in [5.41, 5.74) is 2.49. The first kappa shape index (κ1) is 23.2. The van der Waals surface area contributed by atoms with Crippen LogP contribution in [0.15, 0.2) is 48.9 Å². The minimum atomic E-state index is -1.19. The van der Waals surface area contributed by atoms with E-state index in [9.17, 15) is 9.90 Å². The van der Waals surface area contributed by atoms with Gasteiger partial charge in [-0.3, -0.25) is 4.68 Å². The maximum absolute atomic E-state index is 11.6. The first-order valence-electron chi connectivity index (χ1n) is 9.27. The van der Waals surface area contributed by atoms with E-state index in [2.05, 4.69) is 29.7 Å². The van der Waals surface area contributed by atoms with Gasteiger partial charge in [0.15, 0.2) is 0 Å². The molecule has 7 nitrogen and oxygen atoms in total. The predicted octanol–water partition coefficient (Wildman–Crippen LogP) is 3.16. The fourth-order valence-corrected chi connectivity index (χ4v) is 3.47. The average Bonchev–Trinajstić information content (AvgIpc) is 3.26. The van der Waals surface area contributed by atoms with Crippen molar-refractivity contribution in [2.75, 3.05) is 6.61 Å². The number of benzene rings is 1. The third kappa shape index (κ3) is 6.72. The number of aromatic carboxylic acids is 1. The second-order valence-corrected chi connectivity index (χ2v) is 13.6. The normalized spacial score (nSPS) is 11.3. The van der Waals surface area contributed by atoms with Crippen molar-refractivity contribution in [3.8, 4) is 11.3 Å². The van der Waals surface area contributed by atoms with Gasteiger partial charge in [0.1, 0.15) is 6.73 Å². The zero-order chi connectivity index (χ0) is 20.1. The molecule has 0 spiro atoms. The van der Waals surface area contributed by atoms with Crippen LogP contribution in [0.1, 0.15) is 16.2 Å². The Morgan fingerprint density at radius 3 is 2.55 bits per heavy atom. The number of aromatic nitrogens is 4. The van der Waals surface area contributed by atoms with Crippen LogP contribution in [0.3, 0.4) is 0 Å². The molecule has 3 rings (SSSR count). The fourth-order valence-electron chi connectivity index (χ4n) is 2.72. The molecule has 9 heteroatoms. The average molecular weight is 406 g/mol. The molecule has 0 aliphatic carbocycles. The van der Waals surface area contributed by atoms with Crippen LogP contribution in [0, 0.1) is 0 Å². The Balaban J connectivity index is 0.00000300. The number of carboxylic acid groups (broad SMARTS) is 1. The molecule has 0 saturated carbocycles. The molecule has 29 heavy (non-hydrogen) atoms. The van der Waals surface area contributed by atoms with Crippen molar-refractivity contribution in [3.63, 3.8) is 0 Å². The van der Waals surface area contributed by atoms with E-state index < -0.39 is 14.0 Å². The second kappa shape index (κ2) is 10.1. The molecule has 0 fully saturated rings. The molecule has 0 atom stereocenters. The molecule has 2 heterocycles. The number of carbonyl (C=O) groups is 1. The SMILES string of the molecule is C[Si](C)(C)CCOCn1cc(-c2cnn(Cc3ccccc3)c2)nc1C(=O)O.[LiH]. The summed E-state index contributed by atoms with van der Waals surface area (Å²) in [5.74, 6) is -1.10. The van der Waals surface area contributed by atoms with E-state index in [1.165, 1.54) is 4.57 Å². The van der Waals surface area contributed by atoms with E-state index in [1.807, 2.05) is 41.2 Å². The Labute approximate surface area is 183 Å². The molecule has 0 amide bonds. The van der Waals surface area contributed by atoms with Crippen LogP contribution in [0.4, 0.5) is 0 Å². The second-order valence-electron chi connectivity index (χ2n) is 7.98. The van der Waals surface area contributed by atoms with Crippen LogP contribution >= 0.6 is 0 Å². The Kier molecular flexibility index (Phi) is 8.05. The quantitative estimate of drug-likeness (QED) is 0.436. The first-order chi connectivity index (χ1) is 13.3. The van der Waals surface area contributed by atoms with E-state index in [0.717, 1.165) is 17.2 Å². The molecular weight excluding hydrogens is 379 g/mol. The zero-order valence-electron chi connectivity index (χ0n) is 16.5. The van der Waals surface area contributed by atoms with Crippen LogP contribution in [0.2, 0.25) is 25.7 Å². The van der Waals surface area contributed by atoms with Crippen molar-refractivity contribution >= 4 is 32.9 Å². The van der Waals surface area contributed by atoms with Crippen LogP contribution in [0.5, 0.6) is 0 Å². The zero-order valence-corrected chi connectivity index (χ0v) is 17.5. The van der Waals surface area contributed by atoms with E-state index in [0.29, 0.717) is 18.8 Å². The summed E-state index contributed by atoms with van der Waals surface area (Å²) in [6, 6.07) is 11.1. The van der Waals surface area contributed by atoms with Crippen molar-refractivity contribution in [1.29, 1.82) is 0 Å². The van der Waals surface area contributed by atoms with Crippen LogP contribution in [-0.4, -0.2) is 63.9 Å². The number of ether oxygens (including phenoxy) is 1. The van der Waals surface area contributed by atoms with Crippen molar-refractivity contribution in [2.45, 2.75) is 39.0 Å². The number of hydrogen-bond acceptors (Lipinski definition) is 4. The van der Waals surface area contributed by atoms with Gasteiger partial charge in [-0.25, -0.2) is 9.78 Å².